The molecule has 0 bridgehead atoms. The molecule has 16 heteroatoms. The van der Waals surface area contributed by atoms with Crippen molar-refractivity contribution in [1.82, 2.24) is 0 Å². The minimum Gasteiger partial charge on any atom is -0.507 e. The lowest BCUT2D eigenvalue weighted by atomic mass is 9.91. The van der Waals surface area contributed by atoms with Gasteiger partial charge in [-0.1, -0.05) is 0 Å². The zero-order valence-electron chi connectivity index (χ0n) is 21.2. The van der Waals surface area contributed by atoms with E-state index >= 15 is 0 Å². The van der Waals surface area contributed by atoms with E-state index in [4.69, 9.17) is 18.6 Å². The van der Waals surface area contributed by atoms with Gasteiger partial charge < -0.3 is 69.7 Å². The number of aliphatic hydroxyl groups excluding tert-OH is 5. The molecule has 226 valence electrons. The summed E-state index contributed by atoms with van der Waals surface area (Å²) in [4.78, 5) is 24.6. The van der Waals surface area contributed by atoms with Gasteiger partial charge in [-0.05, 0) is 18.2 Å². The Hall–Kier alpha value is -4.00. The van der Waals surface area contributed by atoms with E-state index < -0.39 is 107 Å². The van der Waals surface area contributed by atoms with Crippen molar-refractivity contribution >= 4 is 16.9 Å². The highest BCUT2D eigenvalue weighted by Gasteiger charge is 2.51. The van der Waals surface area contributed by atoms with Crippen LogP contribution in [0.25, 0.3) is 22.3 Å². The van der Waals surface area contributed by atoms with Crippen LogP contribution in [0.4, 0.5) is 0 Å². The van der Waals surface area contributed by atoms with Gasteiger partial charge in [-0.2, -0.15) is 0 Å². The predicted molar refractivity (Wildman–Crippen MR) is 134 cm³/mol. The standard InChI is InChI=1S/C26H26O16/c27-8-2-1-7(3-9(8)28)13-4-10(29)15-14(40-13)5-11(30)16(18(15)33)22-23(17(32)12(31)6-39-22)41-26-21(36)19(34)20(35)24(42-26)25(37)38/h1-5,12,17,19-24,26-28,30-36H,6H2,(H,37,38)/t12-,17-,19-,20-,21+,22-,23+,24-,26+/m0/s1. The quantitative estimate of drug-likeness (QED) is 0.148. The number of hydrogen-bond acceptors (Lipinski definition) is 15. The lowest BCUT2D eigenvalue weighted by molar-refractivity contribution is -0.330. The van der Waals surface area contributed by atoms with Crippen molar-refractivity contribution in [1.29, 1.82) is 0 Å². The van der Waals surface area contributed by atoms with Crippen LogP contribution in [0.1, 0.15) is 11.7 Å². The molecule has 3 heterocycles. The monoisotopic (exact) mass is 594 g/mol. The van der Waals surface area contributed by atoms with Gasteiger partial charge in [0.2, 0.25) is 0 Å². The Labute approximate surface area is 234 Å². The van der Waals surface area contributed by atoms with Gasteiger partial charge in [-0.15, -0.1) is 0 Å². The Morgan fingerprint density at radius 2 is 1.57 bits per heavy atom. The Bertz CT molecular complexity index is 1570. The molecule has 3 aromatic rings. The molecule has 0 saturated carbocycles. The molecule has 0 amide bonds. The molecule has 0 radical (unpaired) electrons. The summed E-state index contributed by atoms with van der Waals surface area (Å²) in [5.41, 5.74) is -1.48. The van der Waals surface area contributed by atoms with Crippen LogP contribution in [0.5, 0.6) is 23.0 Å². The number of phenolic OH excluding ortho intramolecular Hbond substituents is 4. The molecule has 2 aliphatic rings. The highest BCUT2D eigenvalue weighted by molar-refractivity contribution is 5.88. The summed E-state index contributed by atoms with van der Waals surface area (Å²) in [5.74, 6) is -4.34. The second kappa shape index (κ2) is 11.0. The summed E-state index contributed by atoms with van der Waals surface area (Å²) in [6.45, 7) is -0.562. The van der Waals surface area contributed by atoms with Crippen molar-refractivity contribution < 1.29 is 74.5 Å². The van der Waals surface area contributed by atoms with Crippen LogP contribution in [0.3, 0.4) is 0 Å². The number of hydrogen-bond donors (Lipinski definition) is 10. The van der Waals surface area contributed by atoms with Gasteiger partial charge in [0, 0.05) is 17.7 Å². The summed E-state index contributed by atoms with van der Waals surface area (Å²) in [5, 5.41) is 102. The van der Waals surface area contributed by atoms with Gasteiger partial charge >= 0.3 is 5.97 Å². The number of carboxylic acids is 1. The zero-order valence-corrected chi connectivity index (χ0v) is 21.2. The van der Waals surface area contributed by atoms with Crippen LogP contribution in [0.15, 0.2) is 39.5 Å². The molecule has 2 aliphatic heterocycles. The van der Waals surface area contributed by atoms with Crippen molar-refractivity contribution in [3.8, 4) is 34.3 Å². The number of benzene rings is 2. The summed E-state index contributed by atoms with van der Waals surface area (Å²) in [6, 6.07) is 5.52. The number of rotatable bonds is 5. The molecule has 0 unspecified atom stereocenters. The number of aliphatic carboxylic acids is 1. The normalized spacial score (nSPS) is 31.7. The topological polar surface area (TPSA) is 277 Å². The fourth-order valence-electron chi connectivity index (χ4n) is 4.92. The number of carboxylic acid groups (broad SMARTS) is 1. The molecule has 2 aromatic carbocycles. The van der Waals surface area contributed by atoms with Crippen LogP contribution < -0.4 is 5.43 Å². The summed E-state index contributed by atoms with van der Waals surface area (Å²) >= 11 is 0. The summed E-state index contributed by atoms with van der Waals surface area (Å²) in [7, 11) is 0. The van der Waals surface area contributed by atoms with Crippen LogP contribution in [0.2, 0.25) is 0 Å². The second-order valence-electron chi connectivity index (χ2n) is 9.86. The molecule has 5 rings (SSSR count). The van der Waals surface area contributed by atoms with E-state index in [1.54, 1.807) is 0 Å². The van der Waals surface area contributed by atoms with E-state index in [9.17, 15) is 60.7 Å². The Morgan fingerprint density at radius 1 is 0.857 bits per heavy atom. The van der Waals surface area contributed by atoms with E-state index in [0.29, 0.717) is 0 Å². The number of aliphatic hydroxyl groups is 5. The van der Waals surface area contributed by atoms with Crippen LogP contribution in [-0.2, 0) is 19.0 Å². The molecule has 16 nitrogen and oxygen atoms in total. The number of phenols is 4. The molecule has 2 saturated heterocycles. The molecule has 42 heavy (non-hydrogen) atoms. The van der Waals surface area contributed by atoms with Crippen molar-refractivity contribution in [2.75, 3.05) is 6.61 Å². The first-order valence-electron chi connectivity index (χ1n) is 12.4. The third-order valence-corrected chi connectivity index (χ3v) is 7.14. The van der Waals surface area contributed by atoms with E-state index in [0.717, 1.165) is 24.3 Å². The van der Waals surface area contributed by atoms with Crippen molar-refractivity contribution in [3.05, 3.63) is 46.1 Å². The van der Waals surface area contributed by atoms with E-state index in [1.807, 2.05) is 0 Å². The molecule has 0 aliphatic carbocycles. The molecule has 2 fully saturated rings. The van der Waals surface area contributed by atoms with Crippen molar-refractivity contribution in [2.45, 2.75) is 55.1 Å². The van der Waals surface area contributed by atoms with E-state index in [-0.39, 0.29) is 16.9 Å². The van der Waals surface area contributed by atoms with Gasteiger partial charge in [-0.3, -0.25) is 4.79 Å². The van der Waals surface area contributed by atoms with E-state index in [1.165, 1.54) is 6.07 Å². The zero-order chi connectivity index (χ0) is 30.6. The minimum absolute atomic E-state index is 0.0971. The Kier molecular flexibility index (Phi) is 7.73. The van der Waals surface area contributed by atoms with Crippen LogP contribution in [0, 0.1) is 0 Å². The molecule has 10 N–H and O–H groups in total. The van der Waals surface area contributed by atoms with Gasteiger partial charge in [0.1, 0.15) is 71.0 Å². The third kappa shape index (κ3) is 4.99. The Balaban J connectivity index is 1.55. The first kappa shape index (κ1) is 29.5. The number of carbonyl (C=O) groups is 1. The third-order valence-electron chi connectivity index (χ3n) is 7.14. The van der Waals surface area contributed by atoms with Crippen LogP contribution in [-0.4, -0.2) is 113 Å². The number of aromatic hydroxyl groups is 4. The maximum Gasteiger partial charge on any atom is 0.335 e. The molecule has 9 atom stereocenters. The summed E-state index contributed by atoms with van der Waals surface area (Å²) in [6.07, 6.45) is -17.2. The van der Waals surface area contributed by atoms with Gasteiger partial charge in [0.05, 0.1) is 12.2 Å². The first-order valence-corrected chi connectivity index (χ1v) is 12.4. The van der Waals surface area contributed by atoms with E-state index in [2.05, 4.69) is 0 Å². The average Bonchev–Trinajstić information content (AvgIpc) is 2.93. The van der Waals surface area contributed by atoms with Gasteiger partial charge in [-0.25, -0.2) is 4.79 Å². The summed E-state index contributed by atoms with van der Waals surface area (Å²) < 4.78 is 21.8. The lowest BCUT2D eigenvalue weighted by Gasteiger charge is -2.44. The highest BCUT2D eigenvalue weighted by atomic mass is 16.7. The molecular weight excluding hydrogens is 568 g/mol. The fraction of sp³-hybridized carbons (Fsp3) is 0.385. The van der Waals surface area contributed by atoms with Gasteiger partial charge in [0.25, 0.3) is 0 Å². The fourth-order valence-corrected chi connectivity index (χ4v) is 4.92. The number of fused-ring (bicyclic) bond motifs is 1. The second-order valence-corrected chi connectivity index (χ2v) is 9.86. The Morgan fingerprint density at radius 3 is 2.24 bits per heavy atom. The SMILES string of the molecule is O=C(O)[C@H]1O[C@@H](O[C@@H]2[C@@H](O)[C@@H](O)CO[C@H]2c2c(O)cc3oc(-c4ccc(O)c(O)c4)cc(=O)c3c2O)[C@H](O)[C@@H](O)[C@@H]1O. The van der Waals surface area contributed by atoms with Crippen molar-refractivity contribution in [2.24, 2.45) is 0 Å². The molecule has 0 spiro atoms. The van der Waals surface area contributed by atoms with Crippen molar-refractivity contribution in [3.63, 3.8) is 0 Å². The average molecular weight is 594 g/mol. The minimum atomic E-state index is -2.06. The lowest BCUT2D eigenvalue weighted by Crippen LogP contribution is -2.62. The van der Waals surface area contributed by atoms with Crippen LogP contribution >= 0.6 is 0 Å². The number of ether oxygens (including phenoxy) is 3. The highest BCUT2D eigenvalue weighted by Crippen LogP contribution is 2.45. The predicted octanol–water partition coefficient (Wildman–Crippen LogP) is -1.65. The smallest absolute Gasteiger partial charge is 0.335 e. The molecular formula is C26H26O16. The maximum absolute atomic E-state index is 13.1. The largest absolute Gasteiger partial charge is 0.507 e. The first-order chi connectivity index (χ1) is 19.8. The molecule has 1 aromatic heterocycles. The van der Waals surface area contributed by atoms with Gasteiger partial charge in [0.15, 0.2) is 29.3 Å². The maximum atomic E-state index is 13.1.